The number of carbonyl (C=O) groups is 1. The summed E-state index contributed by atoms with van der Waals surface area (Å²) in [7, 11) is -2.32. The van der Waals surface area contributed by atoms with Gasteiger partial charge in [-0.05, 0) is 13.3 Å². The highest BCUT2D eigenvalue weighted by atomic mass is 32.2. The Bertz CT molecular complexity index is 240. The summed E-state index contributed by atoms with van der Waals surface area (Å²) >= 11 is 0. The van der Waals surface area contributed by atoms with Gasteiger partial charge in [0.2, 0.25) is 10.3 Å². The third-order valence-electron chi connectivity index (χ3n) is 1.12. The molecule has 0 radical (unpaired) electrons. The van der Waals surface area contributed by atoms with E-state index in [-0.39, 0.29) is 10.6 Å². The molecular weight excluding hydrogens is 152 g/mol. The molecular formula is C6H10O3S. The smallest absolute Gasteiger partial charge is 0.220 e. The van der Waals surface area contributed by atoms with Crippen molar-refractivity contribution in [3.8, 4) is 0 Å². The summed E-state index contributed by atoms with van der Waals surface area (Å²) in [6.07, 6.45) is 1.01. The zero-order valence-corrected chi connectivity index (χ0v) is 6.86. The van der Waals surface area contributed by atoms with Crippen LogP contribution in [0.3, 0.4) is 0 Å². The molecule has 10 heavy (non-hydrogen) atoms. The van der Waals surface area contributed by atoms with Crippen LogP contribution in [0.4, 0.5) is 0 Å². The van der Waals surface area contributed by atoms with E-state index in [0.717, 1.165) is 0 Å². The average molecular weight is 162 g/mol. The van der Waals surface area contributed by atoms with E-state index in [1.165, 1.54) is 6.92 Å². The topological polar surface area (TPSA) is 51.2 Å². The molecule has 0 aromatic heterocycles. The molecule has 3 nitrogen and oxygen atoms in total. The van der Waals surface area contributed by atoms with Crippen LogP contribution in [-0.4, -0.2) is 19.1 Å². The first-order valence-corrected chi connectivity index (χ1v) is 4.13. The first-order chi connectivity index (χ1) is 4.59. The molecule has 0 unspecified atom stereocenters. The molecule has 0 aliphatic carbocycles. The van der Waals surface area contributed by atoms with Gasteiger partial charge in [0, 0.05) is 6.42 Å². The monoisotopic (exact) mass is 162 g/mol. The normalized spacial score (nSPS) is 9.00. The molecule has 0 aromatic carbocycles. The van der Waals surface area contributed by atoms with Crippen LogP contribution < -0.4 is 0 Å². The Morgan fingerprint density at radius 3 is 2.20 bits per heavy atom. The van der Waals surface area contributed by atoms with Crippen LogP contribution in [0.5, 0.6) is 0 Å². The highest BCUT2D eigenvalue weighted by Gasteiger charge is 2.04. The lowest BCUT2D eigenvalue weighted by atomic mass is 10.2. The van der Waals surface area contributed by atoms with Crippen molar-refractivity contribution in [1.29, 1.82) is 0 Å². The summed E-state index contributed by atoms with van der Waals surface area (Å²) in [4.78, 5) is 10.7. The number of hydrogen-bond acceptors (Lipinski definition) is 3. The van der Waals surface area contributed by atoms with Gasteiger partial charge < -0.3 is 0 Å². The Hall–Kier alpha value is -0.640. The van der Waals surface area contributed by atoms with E-state index in [1.54, 1.807) is 0 Å². The van der Waals surface area contributed by atoms with Crippen molar-refractivity contribution < 1.29 is 13.2 Å². The second kappa shape index (κ2) is 4.22. The Labute approximate surface area is 61.6 Å². The van der Waals surface area contributed by atoms with Crippen LogP contribution in [0.1, 0.15) is 26.7 Å². The zero-order valence-electron chi connectivity index (χ0n) is 6.05. The zero-order chi connectivity index (χ0) is 8.15. The second-order valence-electron chi connectivity index (χ2n) is 1.96. The fourth-order valence-corrected chi connectivity index (χ4v) is 0.784. The highest BCUT2D eigenvalue weighted by Crippen LogP contribution is 1.89. The van der Waals surface area contributed by atoms with Crippen molar-refractivity contribution >= 4 is 20.9 Å². The maximum absolute atomic E-state index is 10.8. The molecule has 0 spiro atoms. The van der Waals surface area contributed by atoms with Crippen molar-refractivity contribution in [3.05, 3.63) is 0 Å². The van der Waals surface area contributed by atoms with Gasteiger partial charge in [-0.3, -0.25) is 4.79 Å². The van der Waals surface area contributed by atoms with Crippen LogP contribution in [0.25, 0.3) is 0 Å². The summed E-state index contributed by atoms with van der Waals surface area (Å²) in [5.41, 5.74) is 0. The third-order valence-corrected chi connectivity index (χ3v) is 1.85. The predicted molar refractivity (Wildman–Crippen MR) is 39.5 cm³/mol. The molecule has 0 aliphatic heterocycles. The Kier molecular flexibility index (Phi) is 3.95. The molecule has 0 atom stereocenters. The fourth-order valence-electron chi connectivity index (χ4n) is 0.496. The molecule has 0 amide bonds. The highest BCUT2D eigenvalue weighted by molar-refractivity contribution is 7.74. The van der Waals surface area contributed by atoms with Gasteiger partial charge in [0.1, 0.15) is 4.86 Å². The van der Waals surface area contributed by atoms with Gasteiger partial charge in [0.25, 0.3) is 0 Å². The van der Waals surface area contributed by atoms with Crippen molar-refractivity contribution in [1.82, 2.24) is 0 Å². The minimum atomic E-state index is -2.32. The van der Waals surface area contributed by atoms with Crippen LogP contribution in [0.2, 0.25) is 0 Å². The summed E-state index contributed by atoms with van der Waals surface area (Å²) in [5, 5.41) is 0. The number of Topliss-reactive ketones (excluding diaryl/α,β-unsaturated/α-hetero) is 1. The van der Waals surface area contributed by atoms with Crippen LogP contribution in [0.15, 0.2) is 0 Å². The lowest BCUT2D eigenvalue weighted by molar-refractivity contribution is -0.112. The minimum Gasteiger partial charge on any atom is -0.293 e. The molecule has 0 saturated carbocycles. The van der Waals surface area contributed by atoms with Crippen molar-refractivity contribution in [2.45, 2.75) is 26.7 Å². The van der Waals surface area contributed by atoms with Crippen molar-refractivity contribution in [2.75, 3.05) is 0 Å². The summed E-state index contributed by atoms with van der Waals surface area (Å²) in [6, 6.07) is 0. The molecule has 0 rings (SSSR count). The van der Waals surface area contributed by atoms with Gasteiger partial charge >= 0.3 is 0 Å². The molecule has 0 fully saturated rings. The number of carbonyl (C=O) groups excluding carboxylic acids is 1. The molecule has 0 aliphatic rings. The first-order valence-electron chi connectivity index (χ1n) is 3.05. The lowest BCUT2D eigenvalue weighted by Crippen LogP contribution is -2.09. The van der Waals surface area contributed by atoms with Gasteiger partial charge in [0.05, 0.1) is 0 Å². The van der Waals surface area contributed by atoms with Gasteiger partial charge in [-0.15, -0.1) is 0 Å². The third kappa shape index (κ3) is 2.77. The molecule has 0 N–H and O–H groups in total. The number of ketones is 1. The number of hydrogen-bond donors (Lipinski definition) is 0. The summed E-state index contributed by atoms with van der Waals surface area (Å²) in [5.74, 6) is -0.282. The average Bonchev–Trinajstić information content (AvgIpc) is 1.87. The van der Waals surface area contributed by atoms with Crippen LogP contribution in [-0.2, 0) is 15.1 Å². The molecule has 4 heteroatoms. The first kappa shape index (κ1) is 9.36. The Morgan fingerprint density at radius 2 is 1.90 bits per heavy atom. The second-order valence-corrected chi connectivity index (χ2v) is 3.05. The van der Waals surface area contributed by atoms with Gasteiger partial charge in [-0.1, -0.05) is 6.92 Å². The molecule has 58 valence electrons. The Morgan fingerprint density at radius 1 is 1.40 bits per heavy atom. The maximum Gasteiger partial charge on any atom is 0.220 e. The van der Waals surface area contributed by atoms with E-state index >= 15 is 0 Å². The van der Waals surface area contributed by atoms with E-state index in [9.17, 15) is 13.2 Å². The lowest BCUT2D eigenvalue weighted by Gasteiger charge is -1.89. The van der Waals surface area contributed by atoms with Gasteiger partial charge in [-0.2, -0.15) is 8.42 Å². The van der Waals surface area contributed by atoms with E-state index in [0.29, 0.717) is 12.8 Å². The molecule has 0 saturated heterocycles. The van der Waals surface area contributed by atoms with Gasteiger partial charge in [0.15, 0.2) is 5.78 Å². The van der Waals surface area contributed by atoms with E-state index < -0.39 is 10.3 Å². The van der Waals surface area contributed by atoms with E-state index in [1.807, 2.05) is 6.92 Å². The molecule has 0 bridgehead atoms. The molecule has 0 aromatic rings. The maximum atomic E-state index is 10.8. The van der Waals surface area contributed by atoms with Crippen LogP contribution >= 0.6 is 0 Å². The summed E-state index contributed by atoms with van der Waals surface area (Å²) in [6.45, 7) is 3.15. The van der Waals surface area contributed by atoms with Crippen LogP contribution in [0, 0.1) is 0 Å². The minimum absolute atomic E-state index is 0.0677. The van der Waals surface area contributed by atoms with E-state index in [4.69, 9.17) is 0 Å². The largest absolute Gasteiger partial charge is 0.293 e. The van der Waals surface area contributed by atoms with Crippen molar-refractivity contribution in [2.24, 2.45) is 0 Å². The predicted octanol–water partition coefficient (Wildman–Crippen LogP) is 0.427. The van der Waals surface area contributed by atoms with E-state index in [2.05, 4.69) is 0 Å². The van der Waals surface area contributed by atoms with Gasteiger partial charge in [-0.25, -0.2) is 0 Å². The quantitative estimate of drug-likeness (QED) is 0.565. The fraction of sp³-hybridized carbons (Fsp3) is 0.667. The standard InChI is InChI=1S/C6H10O3S/c1-3-4-6(7)5(2)10(8)9/h3-4H2,1-2H3. The SMILES string of the molecule is CCCC(=O)C(C)=S(=O)=O. The Balaban J connectivity index is 4.39. The number of rotatable bonds is 3. The summed E-state index contributed by atoms with van der Waals surface area (Å²) < 4.78 is 20.3. The van der Waals surface area contributed by atoms with Crippen molar-refractivity contribution in [3.63, 3.8) is 0 Å². The molecule has 0 heterocycles.